The van der Waals surface area contributed by atoms with Gasteiger partial charge < -0.3 is 9.64 Å². The van der Waals surface area contributed by atoms with Gasteiger partial charge in [-0.15, -0.1) is 0 Å². The Labute approximate surface area is 217 Å². The molecule has 0 spiro atoms. The van der Waals surface area contributed by atoms with Gasteiger partial charge in [0.2, 0.25) is 5.91 Å². The average Bonchev–Trinajstić information content (AvgIpc) is 3.32. The predicted molar refractivity (Wildman–Crippen MR) is 139 cm³/mol. The van der Waals surface area contributed by atoms with Crippen molar-refractivity contribution in [1.82, 2.24) is 14.8 Å². The van der Waals surface area contributed by atoms with Gasteiger partial charge in [-0.05, 0) is 31.4 Å². The van der Waals surface area contributed by atoms with Crippen molar-refractivity contribution in [1.29, 1.82) is 0 Å². The van der Waals surface area contributed by atoms with E-state index in [1.54, 1.807) is 23.1 Å². The maximum absolute atomic E-state index is 14.6. The van der Waals surface area contributed by atoms with Crippen molar-refractivity contribution in [2.45, 2.75) is 38.6 Å². The molecular weight excluding hydrogens is 471 g/mol. The summed E-state index contributed by atoms with van der Waals surface area (Å²) in [5, 5.41) is 6.11. The van der Waals surface area contributed by atoms with Gasteiger partial charge in [-0.2, -0.15) is 5.10 Å². The van der Waals surface area contributed by atoms with Crippen LogP contribution in [0.25, 0.3) is 0 Å². The Kier molecular flexibility index (Phi) is 7.96. The normalized spacial score (nSPS) is 20.4. The van der Waals surface area contributed by atoms with Gasteiger partial charge in [0, 0.05) is 44.1 Å². The van der Waals surface area contributed by atoms with Crippen LogP contribution in [0.4, 0.5) is 4.39 Å². The number of benzene rings is 2. The van der Waals surface area contributed by atoms with Crippen molar-refractivity contribution in [3.63, 3.8) is 0 Å². The van der Waals surface area contributed by atoms with Crippen LogP contribution in [0, 0.1) is 18.7 Å². The molecule has 196 valence electrons. The van der Waals surface area contributed by atoms with Gasteiger partial charge in [0.1, 0.15) is 12.4 Å². The highest BCUT2D eigenvalue weighted by Crippen LogP contribution is 2.34. The lowest BCUT2D eigenvalue weighted by Crippen LogP contribution is -2.49. The first-order chi connectivity index (χ1) is 18.0. The first-order valence-corrected chi connectivity index (χ1v) is 13.3. The summed E-state index contributed by atoms with van der Waals surface area (Å²) < 4.78 is 20.1. The van der Waals surface area contributed by atoms with Gasteiger partial charge in [0.15, 0.2) is 0 Å². The number of hydrogen-bond acceptors (Lipinski definition) is 5. The largest absolute Gasteiger partial charge is 0.379 e. The molecule has 2 aromatic rings. The van der Waals surface area contributed by atoms with E-state index in [1.165, 1.54) is 11.1 Å². The Bertz CT molecular complexity index is 1140. The summed E-state index contributed by atoms with van der Waals surface area (Å²) in [6.07, 6.45) is 3.23. The van der Waals surface area contributed by atoms with Crippen LogP contribution >= 0.6 is 0 Å². The quantitative estimate of drug-likeness (QED) is 0.547. The maximum atomic E-state index is 14.6. The first-order valence-electron chi connectivity index (χ1n) is 13.3. The fourth-order valence-corrected chi connectivity index (χ4v) is 5.15. The molecule has 1 atom stereocenters. The topological polar surface area (TPSA) is 65.5 Å². The Morgan fingerprint density at radius 2 is 1.81 bits per heavy atom. The highest BCUT2D eigenvalue weighted by molar-refractivity contribution is 6.03. The van der Waals surface area contributed by atoms with E-state index in [4.69, 9.17) is 4.74 Å². The number of amides is 2. The molecule has 5 rings (SSSR count). The number of halogens is 1. The van der Waals surface area contributed by atoms with Crippen molar-refractivity contribution in [2.75, 3.05) is 45.9 Å². The standard InChI is InChI=1S/C29H35FN4O3/c1-21-9-11-22(12-10-21)27-19-26(24-7-2-3-8-25(24)30)31-34(27)28(35)20-33(29(36)23-5-4-6-23)14-13-32-15-17-37-18-16-32/h2-3,7-12,23,27H,4-6,13-20H2,1H3/t27-/m0/s1. The van der Waals surface area contributed by atoms with Crippen LogP contribution in [-0.4, -0.2) is 78.3 Å². The lowest BCUT2D eigenvalue weighted by Gasteiger charge is -2.34. The molecule has 1 saturated heterocycles. The third kappa shape index (κ3) is 5.91. The molecule has 3 aliphatic rings. The minimum Gasteiger partial charge on any atom is -0.379 e. The van der Waals surface area contributed by atoms with E-state index in [9.17, 15) is 14.0 Å². The van der Waals surface area contributed by atoms with Crippen molar-refractivity contribution in [2.24, 2.45) is 11.0 Å². The van der Waals surface area contributed by atoms with E-state index in [-0.39, 0.29) is 36.1 Å². The van der Waals surface area contributed by atoms with E-state index >= 15 is 0 Å². The molecule has 0 N–H and O–H groups in total. The second-order valence-electron chi connectivity index (χ2n) is 10.2. The molecule has 2 aliphatic heterocycles. The smallest absolute Gasteiger partial charge is 0.262 e. The van der Waals surface area contributed by atoms with Gasteiger partial charge in [-0.1, -0.05) is 54.4 Å². The van der Waals surface area contributed by atoms with E-state index in [2.05, 4.69) is 10.0 Å². The molecule has 2 amide bonds. The average molecular weight is 507 g/mol. The maximum Gasteiger partial charge on any atom is 0.262 e. The Morgan fingerprint density at radius 3 is 2.49 bits per heavy atom. The Morgan fingerprint density at radius 1 is 1.08 bits per heavy atom. The fourth-order valence-electron chi connectivity index (χ4n) is 5.15. The Hall–Kier alpha value is -3.10. The molecule has 7 nitrogen and oxygen atoms in total. The number of ether oxygens (including phenoxy) is 1. The zero-order chi connectivity index (χ0) is 25.8. The minimum absolute atomic E-state index is 0.00133. The predicted octanol–water partition coefficient (Wildman–Crippen LogP) is 3.77. The number of carbonyl (C=O) groups excluding carboxylic acids is 2. The van der Waals surface area contributed by atoms with E-state index in [0.717, 1.165) is 43.5 Å². The summed E-state index contributed by atoms with van der Waals surface area (Å²) in [5.41, 5.74) is 3.02. The van der Waals surface area contributed by atoms with Crippen LogP contribution in [0.3, 0.4) is 0 Å². The van der Waals surface area contributed by atoms with Gasteiger partial charge >= 0.3 is 0 Å². The van der Waals surface area contributed by atoms with Gasteiger partial charge in [-0.3, -0.25) is 14.5 Å². The number of rotatable bonds is 8. The van der Waals surface area contributed by atoms with E-state index in [0.29, 0.717) is 44.0 Å². The number of morpholine rings is 1. The molecule has 2 heterocycles. The third-order valence-electron chi connectivity index (χ3n) is 7.69. The number of carbonyl (C=O) groups is 2. The molecule has 0 radical (unpaired) electrons. The zero-order valence-electron chi connectivity index (χ0n) is 21.4. The second-order valence-corrected chi connectivity index (χ2v) is 10.2. The number of hydrogen-bond donors (Lipinski definition) is 0. The van der Waals surface area contributed by atoms with Crippen LogP contribution in [0.15, 0.2) is 53.6 Å². The van der Waals surface area contributed by atoms with Crippen molar-refractivity contribution >= 4 is 17.5 Å². The molecule has 1 saturated carbocycles. The molecule has 0 unspecified atom stereocenters. The second kappa shape index (κ2) is 11.5. The first kappa shape index (κ1) is 25.5. The molecule has 37 heavy (non-hydrogen) atoms. The molecule has 0 aromatic heterocycles. The summed E-state index contributed by atoms with van der Waals surface area (Å²) in [4.78, 5) is 31.0. The van der Waals surface area contributed by atoms with Crippen molar-refractivity contribution < 1.29 is 18.7 Å². The monoisotopic (exact) mass is 506 g/mol. The molecule has 2 fully saturated rings. The zero-order valence-corrected chi connectivity index (χ0v) is 21.4. The molecule has 2 aromatic carbocycles. The summed E-state index contributed by atoms with van der Waals surface area (Å²) in [6.45, 7) is 6.23. The van der Waals surface area contributed by atoms with E-state index < -0.39 is 0 Å². The van der Waals surface area contributed by atoms with Gasteiger partial charge in [-0.25, -0.2) is 9.40 Å². The van der Waals surface area contributed by atoms with Gasteiger partial charge in [0.05, 0.1) is 25.0 Å². The molecule has 8 heteroatoms. The summed E-state index contributed by atoms with van der Waals surface area (Å²) in [6, 6.07) is 14.2. The minimum atomic E-state index is -0.356. The van der Waals surface area contributed by atoms with Gasteiger partial charge in [0.25, 0.3) is 5.91 Å². The van der Waals surface area contributed by atoms with E-state index in [1.807, 2.05) is 31.2 Å². The summed E-state index contributed by atoms with van der Waals surface area (Å²) in [7, 11) is 0. The lowest BCUT2D eigenvalue weighted by atomic mass is 9.84. The highest BCUT2D eigenvalue weighted by Gasteiger charge is 2.37. The molecule has 0 bridgehead atoms. The summed E-state index contributed by atoms with van der Waals surface area (Å²) >= 11 is 0. The number of aryl methyl sites for hydroxylation is 1. The van der Waals surface area contributed by atoms with Crippen LogP contribution in [0.2, 0.25) is 0 Å². The molecular formula is C29H35FN4O3. The van der Waals surface area contributed by atoms with Crippen LogP contribution in [0.5, 0.6) is 0 Å². The van der Waals surface area contributed by atoms with Crippen LogP contribution in [0.1, 0.15) is 48.4 Å². The summed E-state index contributed by atoms with van der Waals surface area (Å²) in [5.74, 6) is -0.546. The molecule has 1 aliphatic carbocycles. The van der Waals surface area contributed by atoms with Crippen LogP contribution < -0.4 is 0 Å². The third-order valence-corrected chi connectivity index (χ3v) is 7.69. The van der Waals surface area contributed by atoms with Crippen molar-refractivity contribution in [3.8, 4) is 0 Å². The van der Waals surface area contributed by atoms with Crippen molar-refractivity contribution in [3.05, 3.63) is 71.0 Å². The number of nitrogens with zero attached hydrogens (tertiary/aromatic N) is 4. The Balaban J connectivity index is 1.37. The number of hydrazone groups is 1. The lowest BCUT2D eigenvalue weighted by molar-refractivity contribution is -0.145. The highest BCUT2D eigenvalue weighted by atomic mass is 19.1. The SMILES string of the molecule is Cc1ccc([C@@H]2CC(c3ccccc3F)=NN2C(=O)CN(CCN2CCOCC2)C(=O)C2CCC2)cc1. The fraction of sp³-hybridized carbons (Fsp3) is 0.483. The van der Waals surface area contributed by atoms with Crippen LogP contribution in [-0.2, 0) is 14.3 Å².